The Hall–Kier alpha value is -3.65. The third-order valence-electron chi connectivity index (χ3n) is 4.61. The molecule has 9 heteroatoms. The second-order valence-electron chi connectivity index (χ2n) is 6.71. The van der Waals surface area contributed by atoms with Gasteiger partial charge >= 0.3 is 6.09 Å². The molecule has 1 atom stereocenters. The SMILES string of the molecule is O=C(NC1COc2c(C(=O)Nc3ccc(F)c(Cl)c3)cccc21)OCc1ccccn1. The van der Waals surface area contributed by atoms with Crippen molar-refractivity contribution in [2.24, 2.45) is 0 Å². The minimum Gasteiger partial charge on any atom is -0.490 e. The summed E-state index contributed by atoms with van der Waals surface area (Å²) in [4.78, 5) is 29.0. The lowest BCUT2D eigenvalue weighted by Gasteiger charge is -2.12. The fourth-order valence-corrected chi connectivity index (χ4v) is 3.30. The molecule has 1 aromatic heterocycles. The van der Waals surface area contributed by atoms with Crippen LogP contribution in [0.1, 0.15) is 27.7 Å². The predicted molar refractivity (Wildman–Crippen MR) is 112 cm³/mol. The molecular formula is C22H17ClFN3O4. The van der Waals surface area contributed by atoms with E-state index in [1.165, 1.54) is 18.2 Å². The van der Waals surface area contributed by atoms with Gasteiger partial charge in [0.1, 0.15) is 24.8 Å². The fraction of sp³-hybridized carbons (Fsp3) is 0.136. The van der Waals surface area contributed by atoms with Gasteiger partial charge in [-0.25, -0.2) is 9.18 Å². The van der Waals surface area contributed by atoms with Crippen LogP contribution in [0, 0.1) is 5.82 Å². The monoisotopic (exact) mass is 441 g/mol. The topological polar surface area (TPSA) is 89.5 Å². The number of pyridine rings is 1. The normalized spacial score (nSPS) is 14.3. The molecule has 2 amide bonds. The minimum absolute atomic E-state index is 0.0375. The minimum atomic E-state index is -0.622. The summed E-state index contributed by atoms with van der Waals surface area (Å²) in [5, 5.41) is 5.29. The molecule has 1 aliphatic heterocycles. The number of carbonyl (C=O) groups is 2. The first-order chi connectivity index (χ1) is 15.0. The number of aromatic nitrogens is 1. The first kappa shape index (κ1) is 20.6. The smallest absolute Gasteiger partial charge is 0.408 e. The van der Waals surface area contributed by atoms with E-state index in [-0.39, 0.29) is 23.8 Å². The van der Waals surface area contributed by atoms with Crippen LogP contribution < -0.4 is 15.4 Å². The lowest BCUT2D eigenvalue weighted by atomic mass is 10.0. The summed E-state index contributed by atoms with van der Waals surface area (Å²) in [6, 6.07) is 13.8. The van der Waals surface area contributed by atoms with E-state index in [0.29, 0.717) is 22.7 Å². The lowest BCUT2D eigenvalue weighted by Crippen LogP contribution is -2.30. The van der Waals surface area contributed by atoms with Gasteiger partial charge in [-0.1, -0.05) is 29.8 Å². The number of halogens is 2. The Labute approximate surface area is 182 Å². The second-order valence-corrected chi connectivity index (χ2v) is 7.12. The van der Waals surface area contributed by atoms with Crippen molar-refractivity contribution in [2.75, 3.05) is 11.9 Å². The maximum absolute atomic E-state index is 13.3. The second kappa shape index (κ2) is 9.01. The van der Waals surface area contributed by atoms with Gasteiger partial charge in [-0.15, -0.1) is 0 Å². The fourth-order valence-electron chi connectivity index (χ4n) is 3.12. The van der Waals surface area contributed by atoms with Crippen LogP contribution in [0.4, 0.5) is 14.9 Å². The molecule has 0 saturated heterocycles. The summed E-state index contributed by atoms with van der Waals surface area (Å²) in [6.07, 6.45) is 0.993. The van der Waals surface area contributed by atoms with Gasteiger partial charge < -0.3 is 20.1 Å². The third-order valence-corrected chi connectivity index (χ3v) is 4.90. The van der Waals surface area contributed by atoms with Gasteiger partial charge in [-0.3, -0.25) is 9.78 Å². The molecule has 0 radical (unpaired) electrons. The zero-order valence-corrected chi connectivity index (χ0v) is 16.9. The number of alkyl carbamates (subject to hydrolysis) is 1. The van der Waals surface area contributed by atoms with Crippen molar-refractivity contribution >= 4 is 29.3 Å². The van der Waals surface area contributed by atoms with E-state index in [0.717, 1.165) is 0 Å². The highest BCUT2D eigenvalue weighted by atomic mass is 35.5. The number of carbonyl (C=O) groups excluding carboxylic acids is 2. The van der Waals surface area contributed by atoms with E-state index in [1.54, 1.807) is 42.6 Å². The number of hydrogen-bond donors (Lipinski definition) is 2. The number of nitrogens with one attached hydrogen (secondary N) is 2. The van der Waals surface area contributed by atoms with Crippen molar-refractivity contribution in [1.82, 2.24) is 10.3 Å². The summed E-state index contributed by atoms with van der Waals surface area (Å²) in [6.45, 7) is 0.191. The summed E-state index contributed by atoms with van der Waals surface area (Å²) >= 11 is 5.76. The van der Waals surface area contributed by atoms with E-state index in [9.17, 15) is 14.0 Å². The molecule has 0 spiro atoms. The van der Waals surface area contributed by atoms with E-state index in [1.807, 2.05) is 0 Å². The Kier molecular flexibility index (Phi) is 5.99. The molecule has 1 aliphatic rings. The molecule has 2 N–H and O–H groups in total. The molecule has 1 unspecified atom stereocenters. The number of benzene rings is 2. The summed E-state index contributed by atoms with van der Waals surface area (Å²) < 4.78 is 24.2. The first-order valence-electron chi connectivity index (χ1n) is 9.36. The van der Waals surface area contributed by atoms with Gasteiger partial charge in [0.15, 0.2) is 0 Å². The molecule has 2 aromatic carbocycles. The van der Waals surface area contributed by atoms with Gasteiger partial charge in [0, 0.05) is 17.4 Å². The highest BCUT2D eigenvalue weighted by Crippen LogP contribution is 2.36. The summed E-state index contributed by atoms with van der Waals surface area (Å²) in [5.74, 6) is -0.659. The Balaban J connectivity index is 1.43. The number of hydrogen-bond acceptors (Lipinski definition) is 5. The van der Waals surface area contributed by atoms with Crippen LogP contribution in [0.5, 0.6) is 5.75 Å². The number of fused-ring (bicyclic) bond motifs is 1. The van der Waals surface area contributed by atoms with Crippen LogP contribution in [0.15, 0.2) is 60.8 Å². The molecule has 7 nitrogen and oxygen atoms in total. The van der Waals surface area contributed by atoms with E-state index >= 15 is 0 Å². The van der Waals surface area contributed by atoms with Crippen LogP contribution in [0.3, 0.4) is 0 Å². The van der Waals surface area contributed by atoms with Crippen LogP contribution in [0.2, 0.25) is 5.02 Å². The number of para-hydroxylation sites is 1. The maximum atomic E-state index is 13.3. The molecule has 4 rings (SSSR count). The highest BCUT2D eigenvalue weighted by Gasteiger charge is 2.30. The molecule has 0 aliphatic carbocycles. The molecule has 0 bridgehead atoms. The third kappa shape index (κ3) is 4.75. The zero-order chi connectivity index (χ0) is 21.8. The van der Waals surface area contributed by atoms with Crippen molar-refractivity contribution in [3.8, 4) is 5.75 Å². The number of amides is 2. The van der Waals surface area contributed by atoms with E-state index in [4.69, 9.17) is 21.1 Å². The Morgan fingerprint density at radius 1 is 1.19 bits per heavy atom. The van der Waals surface area contributed by atoms with Crippen LogP contribution in [0.25, 0.3) is 0 Å². The number of ether oxygens (including phenoxy) is 2. The van der Waals surface area contributed by atoms with Crippen LogP contribution in [-0.2, 0) is 11.3 Å². The number of rotatable bonds is 5. The van der Waals surface area contributed by atoms with Gasteiger partial charge in [0.25, 0.3) is 5.91 Å². The average Bonchev–Trinajstić information content (AvgIpc) is 3.18. The van der Waals surface area contributed by atoms with E-state index < -0.39 is 23.9 Å². The molecule has 0 fully saturated rings. The first-order valence-corrected chi connectivity index (χ1v) is 9.74. The average molecular weight is 442 g/mol. The van der Waals surface area contributed by atoms with Gasteiger partial charge in [-0.05, 0) is 36.4 Å². The maximum Gasteiger partial charge on any atom is 0.408 e. The van der Waals surface area contributed by atoms with Gasteiger partial charge in [-0.2, -0.15) is 0 Å². The van der Waals surface area contributed by atoms with Crippen LogP contribution >= 0.6 is 11.6 Å². The predicted octanol–water partition coefficient (Wildman–Crippen LogP) is 4.49. The summed E-state index contributed by atoms with van der Waals surface area (Å²) in [5.41, 5.74) is 1.91. The van der Waals surface area contributed by atoms with E-state index in [2.05, 4.69) is 15.6 Å². The highest BCUT2D eigenvalue weighted by molar-refractivity contribution is 6.31. The van der Waals surface area contributed by atoms with Gasteiger partial charge in [0.05, 0.1) is 22.3 Å². The van der Waals surface area contributed by atoms with Crippen molar-refractivity contribution in [3.63, 3.8) is 0 Å². The van der Waals surface area contributed by atoms with Crippen LogP contribution in [-0.4, -0.2) is 23.6 Å². The molecule has 31 heavy (non-hydrogen) atoms. The molecule has 3 aromatic rings. The Morgan fingerprint density at radius 2 is 2.06 bits per heavy atom. The molecule has 0 saturated carbocycles. The zero-order valence-electron chi connectivity index (χ0n) is 16.1. The molecule has 158 valence electrons. The van der Waals surface area contributed by atoms with Crippen molar-refractivity contribution in [2.45, 2.75) is 12.6 Å². The standard InChI is InChI=1S/C22H17ClFN3O4/c23-17-10-13(7-8-18(17)24)26-21(28)16-6-3-5-15-19(12-30-20(15)16)27-22(29)31-11-14-4-1-2-9-25-14/h1-10,19H,11-12H2,(H,26,28)(H,27,29). The van der Waals surface area contributed by atoms with Crippen molar-refractivity contribution in [1.29, 1.82) is 0 Å². The quantitative estimate of drug-likeness (QED) is 0.609. The Bertz CT molecular complexity index is 1130. The summed E-state index contributed by atoms with van der Waals surface area (Å²) in [7, 11) is 0. The molecular weight excluding hydrogens is 425 g/mol. The molecule has 2 heterocycles. The number of nitrogens with zero attached hydrogens (tertiary/aromatic N) is 1. The lowest BCUT2D eigenvalue weighted by molar-refractivity contribution is 0.102. The van der Waals surface area contributed by atoms with Gasteiger partial charge in [0.2, 0.25) is 0 Å². The van der Waals surface area contributed by atoms with Crippen molar-refractivity contribution in [3.05, 3.63) is 88.5 Å². The number of anilines is 1. The Morgan fingerprint density at radius 3 is 2.84 bits per heavy atom. The largest absolute Gasteiger partial charge is 0.490 e. The van der Waals surface area contributed by atoms with Crippen molar-refractivity contribution < 1.29 is 23.5 Å².